The van der Waals surface area contributed by atoms with Crippen LogP contribution in [-0.2, 0) is 6.61 Å². The molecule has 0 aliphatic carbocycles. The van der Waals surface area contributed by atoms with Crippen LogP contribution in [0.5, 0.6) is 0 Å². The Hall–Kier alpha value is -2.83. The van der Waals surface area contributed by atoms with Gasteiger partial charge in [0.15, 0.2) is 5.13 Å². The molecule has 118 valence electrons. The summed E-state index contributed by atoms with van der Waals surface area (Å²) in [6.07, 6.45) is 5.25. The molecule has 0 amide bonds. The minimum absolute atomic E-state index is 0.0219. The topological polar surface area (TPSA) is 84.9 Å². The summed E-state index contributed by atoms with van der Waals surface area (Å²) in [6.45, 7) is -0.0219. The van der Waals surface area contributed by atoms with Crippen LogP contribution in [0.2, 0.25) is 0 Å². The third-order valence-electron chi connectivity index (χ3n) is 3.78. The number of pyridine rings is 2. The van der Waals surface area contributed by atoms with Crippen LogP contribution in [0, 0.1) is 0 Å². The fraction of sp³-hybridized carbons (Fsp3) is 0.0556. The maximum Gasteiger partial charge on any atom is 0.181 e. The van der Waals surface area contributed by atoms with Crippen LogP contribution in [0.25, 0.3) is 32.6 Å². The van der Waals surface area contributed by atoms with Crippen molar-refractivity contribution < 1.29 is 5.11 Å². The van der Waals surface area contributed by atoms with Crippen molar-refractivity contribution in [1.82, 2.24) is 15.0 Å². The molecule has 3 heterocycles. The number of benzene rings is 1. The van der Waals surface area contributed by atoms with Crippen LogP contribution >= 0.6 is 11.3 Å². The molecule has 0 spiro atoms. The summed E-state index contributed by atoms with van der Waals surface area (Å²) in [7, 11) is 0. The molecule has 5 nitrogen and oxygen atoms in total. The summed E-state index contributed by atoms with van der Waals surface area (Å²) in [5, 5.41) is 9.72. The van der Waals surface area contributed by atoms with Crippen LogP contribution in [-0.4, -0.2) is 20.1 Å². The highest BCUT2D eigenvalue weighted by Crippen LogP contribution is 2.37. The van der Waals surface area contributed by atoms with Gasteiger partial charge in [-0.3, -0.25) is 9.97 Å². The number of hydrogen-bond acceptors (Lipinski definition) is 6. The van der Waals surface area contributed by atoms with E-state index >= 15 is 0 Å². The lowest BCUT2D eigenvalue weighted by atomic mass is 10.0. The van der Waals surface area contributed by atoms with Gasteiger partial charge in [-0.25, -0.2) is 4.98 Å². The van der Waals surface area contributed by atoms with E-state index in [1.165, 1.54) is 11.3 Å². The number of aromatic nitrogens is 3. The van der Waals surface area contributed by atoms with Gasteiger partial charge in [0.2, 0.25) is 0 Å². The number of aliphatic hydroxyl groups excluding tert-OH is 1. The first kappa shape index (κ1) is 14.7. The first-order chi connectivity index (χ1) is 11.7. The molecule has 0 saturated heterocycles. The van der Waals surface area contributed by atoms with Gasteiger partial charge in [0.25, 0.3) is 0 Å². The second-order valence-corrected chi connectivity index (χ2v) is 6.41. The minimum Gasteiger partial charge on any atom is -0.392 e. The second kappa shape index (κ2) is 5.99. The van der Waals surface area contributed by atoms with Crippen LogP contribution in [0.15, 0.2) is 55.0 Å². The standard InChI is InChI=1S/C18H14N4OS/c19-18-22-16-7-13(12-2-1-5-20-9-12)6-14(17(16)24-18)15-4-3-11(10-23)8-21-15/h1-9,23H,10H2,(H2,19,22). The summed E-state index contributed by atoms with van der Waals surface area (Å²) >= 11 is 1.45. The van der Waals surface area contributed by atoms with Gasteiger partial charge in [0.05, 0.1) is 22.5 Å². The number of anilines is 1. The number of hydrogen-bond donors (Lipinski definition) is 2. The Morgan fingerprint density at radius 1 is 1.08 bits per heavy atom. The average molecular weight is 334 g/mol. The van der Waals surface area contributed by atoms with Crippen molar-refractivity contribution >= 4 is 26.7 Å². The van der Waals surface area contributed by atoms with E-state index in [2.05, 4.69) is 21.0 Å². The summed E-state index contributed by atoms with van der Waals surface area (Å²) < 4.78 is 1.00. The predicted molar refractivity (Wildman–Crippen MR) is 96.4 cm³/mol. The Morgan fingerprint density at radius 2 is 2.00 bits per heavy atom. The first-order valence-electron chi connectivity index (χ1n) is 7.41. The lowest BCUT2D eigenvalue weighted by molar-refractivity contribution is 0.281. The summed E-state index contributed by atoms with van der Waals surface area (Å²) in [4.78, 5) is 13.1. The molecule has 0 atom stereocenters. The first-order valence-corrected chi connectivity index (χ1v) is 8.23. The van der Waals surface area contributed by atoms with Crippen LogP contribution < -0.4 is 5.73 Å². The van der Waals surface area contributed by atoms with E-state index in [9.17, 15) is 5.11 Å². The van der Waals surface area contributed by atoms with E-state index < -0.39 is 0 Å². The van der Waals surface area contributed by atoms with Crippen molar-refractivity contribution in [3.63, 3.8) is 0 Å². The number of nitrogens with zero attached hydrogens (tertiary/aromatic N) is 3. The smallest absolute Gasteiger partial charge is 0.181 e. The summed E-state index contributed by atoms with van der Waals surface area (Å²) in [5.41, 5.74) is 11.4. The molecule has 0 aliphatic rings. The van der Waals surface area contributed by atoms with Gasteiger partial charge in [-0.05, 0) is 35.4 Å². The van der Waals surface area contributed by atoms with Crippen molar-refractivity contribution in [3.8, 4) is 22.4 Å². The maximum atomic E-state index is 9.20. The van der Waals surface area contributed by atoms with Crippen LogP contribution in [0.1, 0.15) is 5.56 Å². The van der Waals surface area contributed by atoms with Crippen molar-refractivity contribution in [3.05, 3.63) is 60.6 Å². The average Bonchev–Trinajstić information content (AvgIpc) is 3.02. The third kappa shape index (κ3) is 2.62. The largest absolute Gasteiger partial charge is 0.392 e. The number of aliphatic hydroxyl groups is 1. The monoisotopic (exact) mass is 334 g/mol. The quantitative estimate of drug-likeness (QED) is 0.599. The highest BCUT2D eigenvalue weighted by atomic mass is 32.1. The highest BCUT2D eigenvalue weighted by Gasteiger charge is 2.13. The zero-order valence-electron chi connectivity index (χ0n) is 12.7. The van der Waals surface area contributed by atoms with Gasteiger partial charge >= 0.3 is 0 Å². The molecule has 3 N–H and O–H groups in total. The normalized spacial score (nSPS) is 11.0. The van der Waals surface area contributed by atoms with Crippen LogP contribution in [0.3, 0.4) is 0 Å². The molecular weight excluding hydrogens is 320 g/mol. The Balaban J connectivity index is 1.95. The molecule has 0 fully saturated rings. The van der Waals surface area contributed by atoms with Gasteiger partial charge in [-0.2, -0.15) is 0 Å². The number of rotatable bonds is 3. The SMILES string of the molecule is Nc1nc2cc(-c3cccnc3)cc(-c3ccc(CO)cn3)c2s1. The van der Waals surface area contributed by atoms with Crippen molar-refractivity contribution in [2.45, 2.75) is 6.61 Å². The number of nitrogens with two attached hydrogens (primary N) is 1. The number of thiazole rings is 1. The Morgan fingerprint density at radius 3 is 2.71 bits per heavy atom. The van der Waals surface area contributed by atoms with E-state index in [4.69, 9.17) is 5.73 Å². The molecule has 1 aromatic carbocycles. The molecule has 4 aromatic rings. The van der Waals surface area contributed by atoms with Gasteiger partial charge < -0.3 is 10.8 Å². The fourth-order valence-corrected chi connectivity index (χ4v) is 3.45. The van der Waals surface area contributed by atoms with Crippen molar-refractivity contribution in [1.29, 1.82) is 0 Å². The number of nitrogen functional groups attached to an aromatic ring is 1. The van der Waals surface area contributed by atoms with Gasteiger partial charge in [0.1, 0.15) is 0 Å². The maximum absolute atomic E-state index is 9.20. The van der Waals surface area contributed by atoms with E-state index in [0.29, 0.717) is 5.13 Å². The zero-order chi connectivity index (χ0) is 16.5. The van der Waals surface area contributed by atoms with E-state index in [0.717, 1.165) is 38.2 Å². The molecule has 4 rings (SSSR count). The molecule has 0 aliphatic heterocycles. The highest BCUT2D eigenvalue weighted by molar-refractivity contribution is 7.22. The lowest BCUT2D eigenvalue weighted by Gasteiger charge is -2.07. The third-order valence-corrected chi connectivity index (χ3v) is 4.72. The minimum atomic E-state index is -0.0219. The van der Waals surface area contributed by atoms with E-state index in [1.807, 2.05) is 36.5 Å². The van der Waals surface area contributed by atoms with Crippen molar-refractivity contribution in [2.24, 2.45) is 0 Å². The zero-order valence-corrected chi connectivity index (χ0v) is 13.5. The predicted octanol–water partition coefficient (Wildman–Crippen LogP) is 3.49. The van der Waals surface area contributed by atoms with Crippen molar-refractivity contribution in [2.75, 3.05) is 5.73 Å². The molecule has 0 saturated carbocycles. The van der Waals surface area contributed by atoms with Crippen LogP contribution in [0.4, 0.5) is 5.13 Å². The molecular formula is C18H14N4OS. The molecule has 24 heavy (non-hydrogen) atoms. The lowest BCUT2D eigenvalue weighted by Crippen LogP contribution is -1.89. The molecule has 0 radical (unpaired) electrons. The second-order valence-electron chi connectivity index (χ2n) is 5.38. The Labute approximate surface area is 142 Å². The fourth-order valence-electron chi connectivity index (χ4n) is 2.62. The molecule has 3 aromatic heterocycles. The molecule has 0 bridgehead atoms. The molecule has 6 heteroatoms. The van der Waals surface area contributed by atoms with E-state index in [1.54, 1.807) is 12.4 Å². The number of fused-ring (bicyclic) bond motifs is 1. The van der Waals surface area contributed by atoms with Gasteiger partial charge in [-0.1, -0.05) is 23.5 Å². The molecule has 0 unspecified atom stereocenters. The Kier molecular flexibility index (Phi) is 3.68. The summed E-state index contributed by atoms with van der Waals surface area (Å²) in [6, 6.07) is 11.8. The van der Waals surface area contributed by atoms with Gasteiger partial charge in [-0.15, -0.1) is 0 Å². The Bertz CT molecular complexity index is 997. The summed E-state index contributed by atoms with van der Waals surface area (Å²) in [5.74, 6) is 0. The van der Waals surface area contributed by atoms with Gasteiger partial charge in [0, 0.05) is 29.7 Å². The van der Waals surface area contributed by atoms with E-state index in [-0.39, 0.29) is 6.61 Å².